The fraction of sp³-hybridized carbons (Fsp3) is 0.182. The molecule has 0 saturated carbocycles. The van der Waals surface area contributed by atoms with Crippen LogP contribution in [0, 0.1) is 13.8 Å². The lowest BCUT2D eigenvalue weighted by atomic mass is 10.1. The lowest BCUT2D eigenvalue weighted by molar-refractivity contribution is -0.119. The number of hydrazone groups is 1. The number of sulfonamides is 1. The molecule has 0 aliphatic heterocycles. The van der Waals surface area contributed by atoms with Crippen LogP contribution < -0.4 is 9.73 Å². The summed E-state index contributed by atoms with van der Waals surface area (Å²) in [5.41, 5.74) is 5.25. The number of anilines is 1. The zero-order valence-corrected chi connectivity index (χ0v) is 18.6. The third kappa shape index (κ3) is 4.95. The predicted molar refractivity (Wildman–Crippen MR) is 122 cm³/mol. The van der Waals surface area contributed by atoms with Crippen molar-refractivity contribution in [2.75, 3.05) is 10.8 Å². The van der Waals surface area contributed by atoms with E-state index in [1.165, 1.54) is 23.5 Å². The van der Waals surface area contributed by atoms with Gasteiger partial charge in [0.05, 0.1) is 16.3 Å². The highest BCUT2D eigenvalue weighted by Gasteiger charge is 2.28. The van der Waals surface area contributed by atoms with Crippen molar-refractivity contribution in [3.05, 3.63) is 82.0 Å². The van der Waals surface area contributed by atoms with Crippen molar-refractivity contribution in [3.63, 3.8) is 0 Å². The highest BCUT2D eigenvalue weighted by Crippen LogP contribution is 2.27. The summed E-state index contributed by atoms with van der Waals surface area (Å²) in [6.45, 7) is 5.10. The number of nitrogens with one attached hydrogen (secondary N) is 1. The first-order valence-electron chi connectivity index (χ1n) is 9.31. The van der Waals surface area contributed by atoms with Gasteiger partial charge in [-0.15, -0.1) is 11.3 Å². The Bertz CT molecular complexity index is 1160. The lowest BCUT2D eigenvalue weighted by Crippen LogP contribution is -2.40. The number of nitrogens with zero attached hydrogens (tertiary/aromatic N) is 2. The van der Waals surface area contributed by atoms with Gasteiger partial charge in [0.2, 0.25) is 0 Å². The van der Waals surface area contributed by atoms with E-state index in [1.54, 1.807) is 31.2 Å². The molecular formula is C22H23N3O3S2. The molecule has 0 atom stereocenters. The second kappa shape index (κ2) is 9.23. The van der Waals surface area contributed by atoms with Crippen molar-refractivity contribution < 1.29 is 13.2 Å². The number of benzene rings is 2. The van der Waals surface area contributed by atoms with Crippen LogP contribution in [0.5, 0.6) is 0 Å². The molecule has 8 heteroatoms. The molecule has 1 aromatic heterocycles. The van der Waals surface area contributed by atoms with Gasteiger partial charge in [-0.05, 0) is 61.5 Å². The maximum absolute atomic E-state index is 13.4. The molecule has 0 fully saturated rings. The van der Waals surface area contributed by atoms with Crippen LogP contribution in [0.3, 0.4) is 0 Å². The minimum Gasteiger partial charge on any atom is -0.271 e. The number of hydrogen-bond donors (Lipinski definition) is 1. The summed E-state index contributed by atoms with van der Waals surface area (Å²) >= 11 is 1.51. The van der Waals surface area contributed by atoms with Crippen LogP contribution >= 0.6 is 11.3 Å². The summed E-state index contributed by atoms with van der Waals surface area (Å²) in [4.78, 5) is 13.7. The number of amides is 1. The Kier molecular flexibility index (Phi) is 6.69. The summed E-state index contributed by atoms with van der Waals surface area (Å²) in [7, 11) is -3.94. The molecule has 1 heterocycles. The molecule has 0 aliphatic rings. The van der Waals surface area contributed by atoms with Crippen molar-refractivity contribution in [2.24, 2.45) is 5.10 Å². The third-order valence-electron chi connectivity index (χ3n) is 4.48. The zero-order chi connectivity index (χ0) is 21.7. The average molecular weight is 442 g/mol. The average Bonchev–Trinajstić information content (AvgIpc) is 3.28. The molecule has 3 rings (SSSR count). The first kappa shape index (κ1) is 21.7. The number of hydrogen-bond acceptors (Lipinski definition) is 5. The first-order chi connectivity index (χ1) is 14.3. The molecule has 30 heavy (non-hydrogen) atoms. The number of thiophene rings is 1. The van der Waals surface area contributed by atoms with E-state index in [4.69, 9.17) is 0 Å². The molecule has 2 aromatic carbocycles. The number of aryl methyl sites for hydroxylation is 2. The molecule has 3 aromatic rings. The standard InChI is InChI=1S/C22H23N3O3S2/c1-16-11-12-17(2)20(14-16)25(30(27,28)19-8-5-4-6-9-19)15-22(26)24-23-18(3)21-10-7-13-29-21/h4-14H,15H2,1-3H3,(H,24,26)/b23-18-. The van der Waals surface area contributed by atoms with Crippen LogP contribution in [-0.4, -0.2) is 26.6 Å². The van der Waals surface area contributed by atoms with Gasteiger partial charge in [-0.3, -0.25) is 9.10 Å². The quantitative estimate of drug-likeness (QED) is 0.443. The minimum atomic E-state index is -3.94. The topological polar surface area (TPSA) is 78.8 Å². The second-order valence-corrected chi connectivity index (χ2v) is 9.63. The van der Waals surface area contributed by atoms with Crippen LogP contribution in [-0.2, 0) is 14.8 Å². The predicted octanol–water partition coefficient (Wildman–Crippen LogP) is 4.10. The summed E-state index contributed by atoms with van der Waals surface area (Å²) in [5.74, 6) is -0.522. The van der Waals surface area contributed by atoms with Gasteiger partial charge in [0.1, 0.15) is 6.54 Å². The second-order valence-electron chi connectivity index (χ2n) is 6.82. The summed E-state index contributed by atoms with van der Waals surface area (Å²) in [5, 5.41) is 6.04. The molecule has 1 amide bonds. The monoisotopic (exact) mass is 441 g/mol. The van der Waals surface area contributed by atoms with Gasteiger partial charge in [-0.1, -0.05) is 36.4 Å². The van der Waals surface area contributed by atoms with Crippen molar-refractivity contribution in [3.8, 4) is 0 Å². The fourth-order valence-electron chi connectivity index (χ4n) is 2.86. The van der Waals surface area contributed by atoms with Crippen molar-refractivity contribution in [2.45, 2.75) is 25.7 Å². The third-order valence-corrected chi connectivity index (χ3v) is 7.23. The molecule has 156 valence electrons. The van der Waals surface area contributed by atoms with Gasteiger partial charge in [0.15, 0.2) is 0 Å². The van der Waals surface area contributed by atoms with Crippen LogP contribution in [0.15, 0.2) is 76.0 Å². The number of carbonyl (C=O) groups is 1. The summed E-state index contributed by atoms with van der Waals surface area (Å²) < 4.78 is 27.9. The highest BCUT2D eigenvalue weighted by atomic mass is 32.2. The molecule has 0 spiro atoms. The van der Waals surface area contributed by atoms with E-state index < -0.39 is 15.9 Å². The lowest BCUT2D eigenvalue weighted by Gasteiger charge is -2.25. The van der Waals surface area contributed by atoms with Gasteiger partial charge in [0, 0.05) is 4.88 Å². The van der Waals surface area contributed by atoms with Crippen molar-refractivity contribution in [1.82, 2.24) is 5.43 Å². The van der Waals surface area contributed by atoms with Crippen LogP contribution in [0.25, 0.3) is 0 Å². The molecule has 0 saturated heterocycles. The molecule has 0 aliphatic carbocycles. The molecule has 1 N–H and O–H groups in total. The fourth-order valence-corrected chi connectivity index (χ4v) is 5.03. The molecular weight excluding hydrogens is 418 g/mol. The van der Waals surface area contributed by atoms with Crippen LogP contribution in [0.2, 0.25) is 0 Å². The largest absolute Gasteiger partial charge is 0.271 e. The molecule has 6 nitrogen and oxygen atoms in total. The Balaban J connectivity index is 1.93. The van der Waals surface area contributed by atoms with E-state index in [1.807, 2.05) is 43.5 Å². The van der Waals surface area contributed by atoms with E-state index in [-0.39, 0.29) is 11.4 Å². The number of rotatable bonds is 7. The van der Waals surface area contributed by atoms with Crippen LogP contribution in [0.4, 0.5) is 5.69 Å². The Hall–Kier alpha value is -2.97. The van der Waals surface area contributed by atoms with Gasteiger partial charge in [-0.25, -0.2) is 13.8 Å². The van der Waals surface area contributed by atoms with Gasteiger partial charge >= 0.3 is 0 Å². The summed E-state index contributed by atoms with van der Waals surface area (Å²) in [6.07, 6.45) is 0. The van der Waals surface area contributed by atoms with Crippen molar-refractivity contribution in [1.29, 1.82) is 0 Å². The zero-order valence-electron chi connectivity index (χ0n) is 17.0. The highest BCUT2D eigenvalue weighted by molar-refractivity contribution is 7.92. The van der Waals surface area contributed by atoms with E-state index >= 15 is 0 Å². The van der Waals surface area contributed by atoms with E-state index in [0.717, 1.165) is 20.3 Å². The Morgan fingerprint density at radius 3 is 2.47 bits per heavy atom. The Morgan fingerprint density at radius 2 is 1.80 bits per heavy atom. The first-order valence-corrected chi connectivity index (χ1v) is 11.6. The van der Waals surface area contributed by atoms with Crippen LogP contribution in [0.1, 0.15) is 22.9 Å². The normalized spacial score (nSPS) is 11.9. The maximum atomic E-state index is 13.4. The molecule has 0 bridgehead atoms. The van der Waals surface area contributed by atoms with Gasteiger partial charge < -0.3 is 0 Å². The molecule has 0 radical (unpaired) electrons. The Morgan fingerprint density at radius 1 is 1.07 bits per heavy atom. The van der Waals surface area contributed by atoms with Gasteiger partial charge in [0.25, 0.3) is 15.9 Å². The maximum Gasteiger partial charge on any atom is 0.264 e. The molecule has 0 unspecified atom stereocenters. The van der Waals surface area contributed by atoms with E-state index in [9.17, 15) is 13.2 Å². The van der Waals surface area contributed by atoms with E-state index in [2.05, 4.69) is 10.5 Å². The number of carbonyl (C=O) groups excluding carboxylic acids is 1. The Labute approximate surface area is 180 Å². The van der Waals surface area contributed by atoms with Crippen molar-refractivity contribution >= 4 is 38.7 Å². The van der Waals surface area contributed by atoms with Gasteiger partial charge in [-0.2, -0.15) is 5.10 Å². The minimum absolute atomic E-state index is 0.122. The smallest absolute Gasteiger partial charge is 0.264 e. The van der Waals surface area contributed by atoms with E-state index in [0.29, 0.717) is 11.4 Å². The summed E-state index contributed by atoms with van der Waals surface area (Å²) in [6, 6.07) is 17.4. The SMILES string of the molecule is C/C(=N/NC(=O)CN(c1cc(C)ccc1C)S(=O)(=O)c1ccccc1)c1cccs1.